The summed E-state index contributed by atoms with van der Waals surface area (Å²) in [6.07, 6.45) is 3.67. The number of carbonyl (C=O) groups is 1. The largest absolute Gasteiger partial charge is 0.465 e. The minimum absolute atomic E-state index is 0.0851. The van der Waals surface area contributed by atoms with Gasteiger partial charge in [-0.3, -0.25) is 9.69 Å². The van der Waals surface area contributed by atoms with Gasteiger partial charge < -0.3 is 4.74 Å². The number of benzene rings is 2. The van der Waals surface area contributed by atoms with Crippen molar-refractivity contribution in [1.82, 2.24) is 4.90 Å². The standard InChI is InChI=1S/C26H37NO2/c1-5-6-17-25(18-26(28)29-20-21(2)3)27(19-23-13-9-7-10-14-23)22(4)24-15-11-8-12-16-24/h7-16,21-22,25H,5-6,17-20H2,1-4H3/t22-,25-/m0/s1. The van der Waals surface area contributed by atoms with Crippen LogP contribution in [0, 0.1) is 5.92 Å². The lowest BCUT2D eigenvalue weighted by molar-refractivity contribution is -0.146. The summed E-state index contributed by atoms with van der Waals surface area (Å²) in [7, 11) is 0. The van der Waals surface area contributed by atoms with Crippen LogP contribution in [0.5, 0.6) is 0 Å². The molecule has 0 radical (unpaired) electrons. The molecule has 0 N–H and O–H groups in total. The van der Waals surface area contributed by atoms with Gasteiger partial charge in [-0.05, 0) is 30.4 Å². The van der Waals surface area contributed by atoms with Crippen molar-refractivity contribution in [2.24, 2.45) is 5.92 Å². The number of nitrogens with zero attached hydrogens (tertiary/aromatic N) is 1. The normalized spacial score (nSPS) is 13.4. The Hall–Kier alpha value is -2.13. The van der Waals surface area contributed by atoms with E-state index in [1.165, 1.54) is 11.1 Å². The number of rotatable bonds is 12. The number of hydrogen-bond acceptors (Lipinski definition) is 3. The number of esters is 1. The van der Waals surface area contributed by atoms with Gasteiger partial charge in [-0.1, -0.05) is 94.3 Å². The molecule has 0 saturated carbocycles. The van der Waals surface area contributed by atoms with E-state index in [0.29, 0.717) is 18.9 Å². The Morgan fingerprint density at radius 3 is 2.17 bits per heavy atom. The quantitative estimate of drug-likeness (QED) is 0.390. The molecule has 2 atom stereocenters. The number of ether oxygens (including phenoxy) is 1. The second-order valence-electron chi connectivity index (χ2n) is 8.32. The molecule has 3 nitrogen and oxygen atoms in total. The summed E-state index contributed by atoms with van der Waals surface area (Å²) in [5.41, 5.74) is 2.55. The predicted molar refractivity (Wildman–Crippen MR) is 121 cm³/mol. The maximum Gasteiger partial charge on any atom is 0.307 e. The second kappa shape index (κ2) is 12.4. The Labute approximate surface area is 177 Å². The van der Waals surface area contributed by atoms with Gasteiger partial charge in [0.15, 0.2) is 0 Å². The molecule has 0 spiro atoms. The Kier molecular flexibility index (Phi) is 9.93. The lowest BCUT2D eigenvalue weighted by atomic mass is 9.98. The van der Waals surface area contributed by atoms with E-state index in [4.69, 9.17) is 4.74 Å². The van der Waals surface area contributed by atoms with E-state index in [1.54, 1.807) is 0 Å². The molecule has 0 bridgehead atoms. The maximum atomic E-state index is 12.6. The van der Waals surface area contributed by atoms with Gasteiger partial charge in [0.2, 0.25) is 0 Å². The lowest BCUT2D eigenvalue weighted by Gasteiger charge is -2.37. The van der Waals surface area contributed by atoms with Gasteiger partial charge in [0.05, 0.1) is 13.0 Å². The molecule has 0 fully saturated rings. The highest BCUT2D eigenvalue weighted by Gasteiger charge is 2.27. The van der Waals surface area contributed by atoms with Crippen LogP contribution in [0.2, 0.25) is 0 Å². The van der Waals surface area contributed by atoms with E-state index >= 15 is 0 Å². The number of unbranched alkanes of at least 4 members (excludes halogenated alkanes) is 1. The molecular weight excluding hydrogens is 358 g/mol. The van der Waals surface area contributed by atoms with Gasteiger partial charge in [0.1, 0.15) is 0 Å². The average molecular weight is 396 g/mol. The first-order valence-electron chi connectivity index (χ1n) is 11.0. The molecule has 0 unspecified atom stereocenters. The smallest absolute Gasteiger partial charge is 0.307 e. The van der Waals surface area contributed by atoms with E-state index in [0.717, 1.165) is 25.8 Å². The highest BCUT2D eigenvalue weighted by molar-refractivity contribution is 5.70. The summed E-state index contributed by atoms with van der Waals surface area (Å²) >= 11 is 0. The molecule has 0 aliphatic heterocycles. The monoisotopic (exact) mass is 395 g/mol. The van der Waals surface area contributed by atoms with Crippen molar-refractivity contribution in [2.45, 2.75) is 72.0 Å². The van der Waals surface area contributed by atoms with E-state index in [2.05, 4.69) is 87.2 Å². The first kappa shape index (κ1) is 23.2. The summed E-state index contributed by atoms with van der Waals surface area (Å²) in [5.74, 6) is 0.273. The zero-order chi connectivity index (χ0) is 21.1. The molecule has 29 heavy (non-hydrogen) atoms. The zero-order valence-corrected chi connectivity index (χ0v) is 18.5. The Morgan fingerprint density at radius 2 is 1.59 bits per heavy atom. The van der Waals surface area contributed by atoms with Gasteiger partial charge in [-0.15, -0.1) is 0 Å². The Morgan fingerprint density at radius 1 is 0.966 bits per heavy atom. The highest BCUT2D eigenvalue weighted by atomic mass is 16.5. The third-order valence-corrected chi connectivity index (χ3v) is 5.33. The van der Waals surface area contributed by atoms with Gasteiger partial charge >= 0.3 is 5.97 Å². The molecule has 0 saturated heterocycles. The third-order valence-electron chi connectivity index (χ3n) is 5.33. The molecule has 2 rings (SSSR count). The van der Waals surface area contributed by atoms with Crippen LogP contribution in [0.25, 0.3) is 0 Å². The summed E-state index contributed by atoms with van der Waals surface area (Å²) in [4.78, 5) is 15.1. The minimum atomic E-state index is -0.0851. The van der Waals surface area contributed by atoms with E-state index in [-0.39, 0.29) is 18.1 Å². The molecular formula is C26H37NO2. The molecule has 0 heterocycles. The van der Waals surface area contributed by atoms with Gasteiger partial charge in [0, 0.05) is 18.6 Å². The van der Waals surface area contributed by atoms with Crippen LogP contribution >= 0.6 is 0 Å². The lowest BCUT2D eigenvalue weighted by Crippen LogP contribution is -2.39. The first-order chi connectivity index (χ1) is 14.0. The number of hydrogen-bond donors (Lipinski definition) is 0. The molecule has 3 heteroatoms. The van der Waals surface area contributed by atoms with Crippen molar-refractivity contribution >= 4 is 5.97 Å². The summed E-state index contributed by atoms with van der Waals surface area (Å²) < 4.78 is 5.53. The zero-order valence-electron chi connectivity index (χ0n) is 18.5. The predicted octanol–water partition coefficient (Wildman–Crippen LogP) is 6.40. The van der Waals surface area contributed by atoms with Crippen LogP contribution < -0.4 is 0 Å². The van der Waals surface area contributed by atoms with Crippen molar-refractivity contribution in [3.63, 3.8) is 0 Å². The van der Waals surface area contributed by atoms with Crippen molar-refractivity contribution in [2.75, 3.05) is 6.61 Å². The second-order valence-corrected chi connectivity index (χ2v) is 8.32. The molecule has 0 amide bonds. The summed E-state index contributed by atoms with van der Waals surface area (Å²) in [6, 6.07) is 21.5. The first-order valence-corrected chi connectivity index (χ1v) is 11.0. The fraction of sp³-hybridized carbons (Fsp3) is 0.500. The molecule has 0 aliphatic carbocycles. The van der Waals surface area contributed by atoms with E-state index in [9.17, 15) is 4.79 Å². The van der Waals surface area contributed by atoms with Crippen molar-refractivity contribution in [1.29, 1.82) is 0 Å². The van der Waals surface area contributed by atoms with Crippen LogP contribution in [0.15, 0.2) is 60.7 Å². The molecule has 2 aromatic carbocycles. The maximum absolute atomic E-state index is 12.6. The Bertz CT molecular complexity index is 699. The van der Waals surface area contributed by atoms with Gasteiger partial charge in [-0.2, -0.15) is 0 Å². The fourth-order valence-electron chi connectivity index (χ4n) is 3.64. The van der Waals surface area contributed by atoms with E-state index in [1.807, 2.05) is 6.07 Å². The van der Waals surface area contributed by atoms with Crippen molar-refractivity contribution in [3.8, 4) is 0 Å². The topological polar surface area (TPSA) is 29.5 Å². The van der Waals surface area contributed by atoms with Crippen LogP contribution in [0.1, 0.15) is 70.5 Å². The van der Waals surface area contributed by atoms with Gasteiger partial charge in [0.25, 0.3) is 0 Å². The summed E-state index contributed by atoms with van der Waals surface area (Å²) in [6.45, 7) is 9.91. The Balaban J connectivity index is 2.25. The number of carbonyl (C=O) groups excluding carboxylic acids is 1. The summed E-state index contributed by atoms with van der Waals surface area (Å²) in [5, 5.41) is 0. The average Bonchev–Trinajstić information content (AvgIpc) is 2.74. The molecule has 158 valence electrons. The molecule has 2 aromatic rings. The van der Waals surface area contributed by atoms with Crippen LogP contribution in [-0.4, -0.2) is 23.5 Å². The van der Waals surface area contributed by atoms with Crippen LogP contribution in [0.4, 0.5) is 0 Å². The minimum Gasteiger partial charge on any atom is -0.465 e. The fourth-order valence-corrected chi connectivity index (χ4v) is 3.64. The van der Waals surface area contributed by atoms with E-state index < -0.39 is 0 Å². The van der Waals surface area contributed by atoms with Gasteiger partial charge in [-0.25, -0.2) is 0 Å². The van der Waals surface area contributed by atoms with Crippen molar-refractivity contribution < 1.29 is 9.53 Å². The van der Waals surface area contributed by atoms with Crippen LogP contribution in [0.3, 0.4) is 0 Å². The highest BCUT2D eigenvalue weighted by Crippen LogP contribution is 2.28. The van der Waals surface area contributed by atoms with Crippen molar-refractivity contribution in [3.05, 3.63) is 71.8 Å². The molecule has 0 aromatic heterocycles. The SMILES string of the molecule is CCCC[C@@H](CC(=O)OCC(C)C)N(Cc1ccccc1)[C@@H](C)c1ccccc1. The molecule has 0 aliphatic rings. The van der Waals surface area contributed by atoms with Crippen LogP contribution in [-0.2, 0) is 16.1 Å². The third kappa shape index (κ3) is 8.02.